The molecule has 0 heterocycles. The maximum absolute atomic E-state index is 13.4. The number of carbonyl (C=O) groups is 2. The number of nitrogens with one attached hydrogen (secondary N) is 1. The van der Waals surface area contributed by atoms with Crippen molar-refractivity contribution in [1.29, 1.82) is 0 Å². The van der Waals surface area contributed by atoms with Crippen LogP contribution in [0.15, 0.2) is 36.4 Å². The van der Waals surface area contributed by atoms with E-state index in [4.69, 9.17) is 46.4 Å². The third-order valence-corrected chi connectivity index (χ3v) is 7.67. The molecule has 0 unspecified atom stereocenters. The highest BCUT2D eigenvalue weighted by atomic mass is 35.5. The first-order chi connectivity index (χ1) is 17.0. The first kappa shape index (κ1) is 31.5. The smallest absolute Gasteiger partial charge is 0.242 e. The molecular formula is C25H31Cl4N3O4S. The van der Waals surface area contributed by atoms with Gasteiger partial charge in [0, 0.05) is 40.1 Å². The molecule has 2 aromatic carbocycles. The van der Waals surface area contributed by atoms with Crippen LogP contribution in [-0.2, 0) is 26.2 Å². The molecule has 12 heteroatoms. The van der Waals surface area contributed by atoms with Crippen molar-refractivity contribution in [3.05, 3.63) is 62.1 Å². The van der Waals surface area contributed by atoms with E-state index >= 15 is 0 Å². The third kappa shape index (κ3) is 9.52. The Kier molecular flexibility index (Phi) is 11.0. The Morgan fingerprint density at radius 3 is 2.14 bits per heavy atom. The maximum Gasteiger partial charge on any atom is 0.242 e. The Labute approximate surface area is 239 Å². The zero-order valence-corrected chi connectivity index (χ0v) is 25.2. The number of hydrogen-bond acceptors (Lipinski definition) is 4. The predicted octanol–water partition coefficient (Wildman–Crippen LogP) is 6.18. The van der Waals surface area contributed by atoms with Crippen LogP contribution in [0.1, 0.15) is 46.1 Å². The number of rotatable bonds is 10. The van der Waals surface area contributed by atoms with Crippen molar-refractivity contribution in [1.82, 2.24) is 10.2 Å². The first-order valence-electron chi connectivity index (χ1n) is 11.5. The van der Waals surface area contributed by atoms with Crippen LogP contribution >= 0.6 is 46.4 Å². The van der Waals surface area contributed by atoms with Gasteiger partial charge in [0.15, 0.2) is 0 Å². The number of amides is 2. The topological polar surface area (TPSA) is 86.8 Å². The molecule has 2 aromatic rings. The lowest BCUT2D eigenvalue weighted by Crippen LogP contribution is -2.52. The molecule has 0 saturated carbocycles. The van der Waals surface area contributed by atoms with E-state index in [0.717, 1.165) is 10.6 Å². The molecule has 2 amide bonds. The molecule has 0 aliphatic carbocycles. The number of anilines is 1. The van der Waals surface area contributed by atoms with E-state index in [1.165, 1.54) is 17.0 Å². The molecule has 1 atom stereocenters. The Balaban J connectivity index is 2.26. The van der Waals surface area contributed by atoms with Gasteiger partial charge in [-0.15, -0.1) is 0 Å². The molecule has 0 aliphatic heterocycles. The second kappa shape index (κ2) is 12.9. The largest absolute Gasteiger partial charge is 0.350 e. The van der Waals surface area contributed by atoms with Crippen LogP contribution in [-0.4, -0.2) is 49.5 Å². The van der Waals surface area contributed by atoms with Gasteiger partial charge in [-0.1, -0.05) is 52.5 Å². The lowest BCUT2D eigenvalue weighted by molar-refractivity contribution is -0.141. The molecule has 0 radical (unpaired) electrons. The van der Waals surface area contributed by atoms with Crippen LogP contribution in [0.2, 0.25) is 20.1 Å². The molecule has 2 rings (SSSR count). The molecule has 7 nitrogen and oxygen atoms in total. The quantitative estimate of drug-likeness (QED) is 0.348. The molecular weight excluding hydrogens is 580 g/mol. The molecule has 0 spiro atoms. The standard InChI is InChI=1S/C25H31Cl4N3O4S/c1-16(24(34)30-25(2,3)4)31(15-17-8-9-18(26)13-21(17)29)23(33)7-6-12-32(37(5,35)36)22-14-19(27)10-11-20(22)28/h8-11,13-14,16H,6-7,12,15H2,1-5H3,(H,30,34)/t16-/m0/s1. The van der Waals surface area contributed by atoms with Gasteiger partial charge in [-0.2, -0.15) is 0 Å². The zero-order chi connectivity index (χ0) is 28.1. The summed E-state index contributed by atoms with van der Waals surface area (Å²) >= 11 is 24.6. The minimum Gasteiger partial charge on any atom is -0.350 e. The van der Waals surface area contributed by atoms with Gasteiger partial charge in [0.25, 0.3) is 0 Å². The van der Waals surface area contributed by atoms with Gasteiger partial charge >= 0.3 is 0 Å². The van der Waals surface area contributed by atoms with Crippen molar-refractivity contribution < 1.29 is 18.0 Å². The van der Waals surface area contributed by atoms with E-state index in [9.17, 15) is 18.0 Å². The molecule has 37 heavy (non-hydrogen) atoms. The van der Waals surface area contributed by atoms with Gasteiger partial charge < -0.3 is 10.2 Å². The minimum absolute atomic E-state index is 0.0112. The molecule has 0 saturated heterocycles. The monoisotopic (exact) mass is 609 g/mol. The highest BCUT2D eigenvalue weighted by molar-refractivity contribution is 7.92. The summed E-state index contributed by atoms with van der Waals surface area (Å²) in [6, 6.07) is 8.64. The predicted molar refractivity (Wildman–Crippen MR) is 152 cm³/mol. The average molecular weight is 611 g/mol. The summed E-state index contributed by atoms with van der Waals surface area (Å²) in [5, 5.41) is 4.25. The van der Waals surface area contributed by atoms with E-state index in [1.807, 2.05) is 20.8 Å². The van der Waals surface area contributed by atoms with Crippen LogP contribution in [0.3, 0.4) is 0 Å². The fraction of sp³-hybridized carbons (Fsp3) is 0.440. The third-order valence-electron chi connectivity index (χ3n) is 5.35. The second-order valence-electron chi connectivity index (χ2n) is 9.71. The SMILES string of the molecule is C[C@@H](C(=O)NC(C)(C)C)N(Cc1ccc(Cl)cc1Cl)C(=O)CCCN(c1cc(Cl)ccc1Cl)S(C)(=O)=O. The number of carbonyl (C=O) groups excluding carboxylic acids is 2. The molecule has 0 bridgehead atoms. The summed E-state index contributed by atoms with van der Waals surface area (Å²) in [5.74, 6) is -0.664. The van der Waals surface area contributed by atoms with Gasteiger partial charge in [0.2, 0.25) is 21.8 Å². The molecule has 1 N–H and O–H groups in total. The Bertz CT molecular complexity index is 1250. The first-order valence-corrected chi connectivity index (χ1v) is 14.8. The molecule has 0 aromatic heterocycles. The van der Waals surface area contributed by atoms with Gasteiger partial charge in [0.1, 0.15) is 6.04 Å². The fourth-order valence-corrected chi connectivity index (χ4v) is 5.42. The van der Waals surface area contributed by atoms with Crippen LogP contribution in [0.25, 0.3) is 0 Å². The van der Waals surface area contributed by atoms with Crippen LogP contribution < -0.4 is 9.62 Å². The van der Waals surface area contributed by atoms with Crippen molar-refractivity contribution in [2.75, 3.05) is 17.1 Å². The van der Waals surface area contributed by atoms with Gasteiger partial charge in [-0.05, 0) is 70.0 Å². The summed E-state index contributed by atoms with van der Waals surface area (Å²) in [6.07, 6.45) is 1.20. The molecule has 0 fully saturated rings. The number of halogens is 4. The van der Waals surface area contributed by atoms with E-state index in [1.54, 1.807) is 31.2 Å². The number of benzene rings is 2. The van der Waals surface area contributed by atoms with E-state index < -0.39 is 21.6 Å². The number of hydrogen-bond donors (Lipinski definition) is 1. The summed E-state index contributed by atoms with van der Waals surface area (Å²) < 4.78 is 26.1. The Morgan fingerprint density at radius 1 is 0.973 bits per heavy atom. The van der Waals surface area contributed by atoms with E-state index in [0.29, 0.717) is 20.6 Å². The Morgan fingerprint density at radius 2 is 1.57 bits per heavy atom. The fourth-order valence-electron chi connectivity index (χ4n) is 3.55. The van der Waals surface area contributed by atoms with Crippen LogP contribution in [0.5, 0.6) is 0 Å². The number of sulfonamides is 1. The minimum atomic E-state index is -3.71. The highest BCUT2D eigenvalue weighted by Crippen LogP contribution is 2.31. The van der Waals surface area contributed by atoms with E-state index in [2.05, 4.69) is 5.32 Å². The lowest BCUT2D eigenvalue weighted by Gasteiger charge is -2.32. The average Bonchev–Trinajstić information content (AvgIpc) is 2.75. The maximum atomic E-state index is 13.4. The van der Waals surface area contributed by atoms with Crippen LogP contribution in [0, 0.1) is 0 Å². The molecule has 204 valence electrons. The van der Waals surface area contributed by atoms with Crippen molar-refractivity contribution in [3.8, 4) is 0 Å². The summed E-state index contributed by atoms with van der Waals surface area (Å²) in [6.45, 7) is 7.24. The normalized spacial score (nSPS) is 12.7. The highest BCUT2D eigenvalue weighted by Gasteiger charge is 2.29. The van der Waals surface area contributed by atoms with Gasteiger partial charge in [-0.25, -0.2) is 8.42 Å². The van der Waals surface area contributed by atoms with Gasteiger partial charge in [0.05, 0.1) is 17.0 Å². The summed E-state index contributed by atoms with van der Waals surface area (Å²) in [4.78, 5) is 27.7. The van der Waals surface area contributed by atoms with Crippen molar-refractivity contribution in [3.63, 3.8) is 0 Å². The summed E-state index contributed by atoms with van der Waals surface area (Å²) in [5.41, 5.74) is 0.356. The zero-order valence-electron chi connectivity index (χ0n) is 21.3. The summed E-state index contributed by atoms with van der Waals surface area (Å²) in [7, 11) is -3.71. The van der Waals surface area contributed by atoms with Crippen molar-refractivity contribution >= 4 is 73.9 Å². The van der Waals surface area contributed by atoms with Gasteiger partial charge in [-0.3, -0.25) is 13.9 Å². The second-order valence-corrected chi connectivity index (χ2v) is 13.3. The van der Waals surface area contributed by atoms with E-state index in [-0.39, 0.29) is 48.5 Å². The van der Waals surface area contributed by atoms with Crippen LogP contribution in [0.4, 0.5) is 5.69 Å². The number of nitrogens with zero attached hydrogens (tertiary/aromatic N) is 2. The molecule has 0 aliphatic rings. The van der Waals surface area contributed by atoms with Crippen molar-refractivity contribution in [2.45, 2.75) is 58.7 Å². The lowest BCUT2D eigenvalue weighted by atomic mass is 10.1. The Hall–Kier alpha value is -1.71. The van der Waals surface area contributed by atoms with Crippen molar-refractivity contribution in [2.24, 2.45) is 0 Å².